The molecule has 0 saturated heterocycles. The quantitative estimate of drug-likeness (QED) is 0.460. The van der Waals surface area contributed by atoms with E-state index in [0.717, 1.165) is 9.54 Å². The molecule has 35 heavy (non-hydrogen) atoms. The smallest absolute Gasteiger partial charge is 0.329 e. The zero-order valence-electron chi connectivity index (χ0n) is 20.5. The minimum absolute atomic E-state index is 0.0281. The lowest BCUT2D eigenvalue weighted by Gasteiger charge is -2.36. The second kappa shape index (κ2) is 8.64. The van der Waals surface area contributed by atoms with E-state index in [-0.39, 0.29) is 33.6 Å². The first-order valence-corrected chi connectivity index (χ1v) is 13.1. The average Bonchev–Trinajstić information content (AvgIpc) is 3.14. The molecule has 1 aliphatic heterocycles. The summed E-state index contributed by atoms with van der Waals surface area (Å²) in [6.45, 7) is 10.8. The van der Waals surface area contributed by atoms with E-state index in [1.807, 2.05) is 20.8 Å². The van der Waals surface area contributed by atoms with Gasteiger partial charge in [0.1, 0.15) is 11.6 Å². The van der Waals surface area contributed by atoms with Crippen LogP contribution in [0.1, 0.15) is 56.1 Å². The number of carbonyl (C=O) groups is 2. The largest absolute Gasteiger partial charge is 0.458 e. The first-order valence-electron chi connectivity index (χ1n) is 11.3. The van der Waals surface area contributed by atoms with Gasteiger partial charge in [0.2, 0.25) is 0 Å². The summed E-state index contributed by atoms with van der Waals surface area (Å²) in [7, 11) is -4.04. The third kappa shape index (κ3) is 4.43. The van der Waals surface area contributed by atoms with Crippen molar-refractivity contribution in [3.8, 4) is 0 Å². The standard InChI is InChI=1S/C25H28ClN3O5S/c1-14(2)21(24(31)34-25(4,5)6)28-12-17-19(26)11-27-22-20(17)18(23(28)30)13-29(22)35(32,33)16-9-7-15(3)8-10-16/h7-11,13-14,21H,12H2,1-6H3. The van der Waals surface area contributed by atoms with Crippen LogP contribution in [0, 0.1) is 12.8 Å². The Morgan fingerprint density at radius 2 is 1.80 bits per heavy atom. The number of amides is 1. The number of halogens is 1. The van der Waals surface area contributed by atoms with E-state index in [1.165, 1.54) is 29.4 Å². The summed E-state index contributed by atoms with van der Waals surface area (Å²) in [6, 6.07) is 5.55. The maximum atomic E-state index is 13.7. The Balaban J connectivity index is 1.87. The maximum Gasteiger partial charge on any atom is 0.329 e. The van der Waals surface area contributed by atoms with Crippen molar-refractivity contribution in [3.05, 3.63) is 58.4 Å². The Bertz CT molecular complexity index is 1440. The second-order valence-electron chi connectivity index (χ2n) is 10.1. The number of rotatable bonds is 5. The van der Waals surface area contributed by atoms with E-state index >= 15 is 0 Å². The zero-order valence-corrected chi connectivity index (χ0v) is 22.1. The lowest BCUT2D eigenvalue weighted by Crippen LogP contribution is -2.50. The molecule has 3 aromatic rings. The van der Waals surface area contributed by atoms with Gasteiger partial charge in [0.25, 0.3) is 15.9 Å². The number of nitrogens with zero attached hydrogens (tertiary/aromatic N) is 3. The molecule has 3 heterocycles. The molecule has 0 bridgehead atoms. The van der Waals surface area contributed by atoms with E-state index in [1.54, 1.807) is 32.9 Å². The van der Waals surface area contributed by atoms with Gasteiger partial charge in [-0.25, -0.2) is 22.2 Å². The first-order chi connectivity index (χ1) is 16.2. The number of hydrogen-bond acceptors (Lipinski definition) is 6. The number of ether oxygens (including phenoxy) is 1. The molecule has 186 valence electrons. The van der Waals surface area contributed by atoms with E-state index in [0.29, 0.717) is 10.9 Å². The van der Waals surface area contributed by atoms with Gasteiger partial charge < -0.3 is 9.64 Å². The number of aryl methyl sites for hydroxylation is 1. The second-order valence-corrected chi connectivity index (χ2v) is 12.3. The molecule has 1 amide bonds. The molecule has 4 rings (SSSR count). The number of aromatic nitrogens is 2. The molecule has 0 N–H and O–H groups in total. The molecule has 0 fully saturated rings. The highest BCUT2D eigenvalue weighted by atomic mass is 35.5. The van der Waals surface area contributed by atoms with Gasteiger partial charge in [0.15, 0.2) is 5.65 Å². The molecular weight excluding hydrogens is 490 g/mol. The van der Waals surface area contributed by atoms with Crippen LogP contribution < -0.4 is 0 Å². The Morgan fingerprint density at radius 1 is 1.17 bits per heavy atom. The van der Waals surface area contributed by atoms with Gasteiger partial charge in [0.05, 0.1) is 15.5 Å². The fraction of sp³-hybridized carbons (Fsp3) is 0.400. The van der Waals surface area contributed by atoms with Crippen molar-refractivity contribution in [2.75, 3.05) is 0 Å². The molecule has 0 aliphatic carbocycles. The predicted molar refractivity (Wildman–Crippen MR) is 133 cm³/mol. The number of hydrogen-bond donors (Lipinski definition) is 0. The highest BCUT2D eigenvalue weighted by molar-refractivity contribution is 7.90. The van der Waals surface area contributed by atoms with Crippen molar-refractivity contribution in [1.29, 1.82) is 0 Å². The van der Waals surface area contributed by atoms with Crippen molar-refractivity contribution in [2.24, 2.45) is 5.92 Å². The van der Waals surface area contributed by atoms with Crippen LogP contribution in [0.5, 0.6) is 0 Å². The van der Waals surface area contributed by atoms with Crippen molar-refractivity contribution in [2.45, 2.75) is 64.6 Å². The summed E-state index contributed by atoms with van der Waals surface area (Å²) >= 11 is 6.48. The fourth-order valence-electron chi connectivity index (χ4n) is 4.27. The van der Waals surface area contributed by atoms with Crippen molar-refractivity contribution in [3.63, 3.8) is 0 Å². The van der Waals surface area contributed by atoms with Crippen LogP contribution in [-0.2, 0) is 26.1 Å². The van der Waals surface area contributed by atoms with Gasteiger partial charge in [0, 0.05) is 29.9 Å². The summed E-state index contributed by atoms with van der Waals surface area (Å²) in [6.07, 6.45) is 2.64. The van der Waals surface area contributed by atoms with Crippen LogP contribution in [-0.4, -0.2) is 45.8 Å². The molecule has 10 heteroatoms. The summed E-state index contributed by atoms with van der Waals surface area (Å²) in [5.41, 5.74) is 0.965. The normalized spacial score (nSPS) is 15.1. The molecule has 1 atom stereocenters. The highest BCUT2D eigenvalue weighted by Crippen LogP contribution is 2.37. The van der Waals surface area contributed by atoms with Gasteiger partial charge in [-0.3, -0.25) is 4.79 Å². The SMILES string of the molecule is Cc1ccc(S(=O)(=O)n2cc3c4c(c(Cl)cnc42)CN(C(C(=O)OC(C)(C)C)C(C)C)C3=O)cc1. The maximum absolute atomic E-state index is 13.7. The number of carbonyl (C=O) groups excluding carboxylic acids is 2. The van der Waals surface area contributed by atoms with Gasteiger partial charge >= 0.3 is 5.97 Å². The Labute approximate surface area is 209 Å². The molecule has 8 nitrogen and oxygen atoms in total. The van der Waals surface area contributed by atoms with Gasteiger partial charge in [-0.05, 0) is 45.7 Å². The van der Waals surface area contributed by atoms with E-state index < -0.39 is 33.5 Å². The number of esters is 1. The van der Waals surface area contributed by atoms with Crippen molar-refractivity contribution in [1.82, 2.24) is 13.9 Å². The molecule has 0 spiro atoms. The Morgan fingerprint density at radius 3 is 2.37 bits per heavy atom. The van der Waals surface area contributed by atoms with Crippen LogP contribution in [0.2, 0.25) is 5.02 Å². The summed E-state index contributed by atoms with van der Waals surface area (Å²) in [5, 5.41) is 0.662. The molecule has 1 aromatic carbocycles. The lowest BCUT2D eigenvalue weighted by atomic mass is 9.96. The molecule has 0 saturated carbocycles. The Kier molecular flexibility index (Phi) is 6.22. The van der Waals surface area contributed by atoms with Crippen LogP contribution in [0.4, 0.5) is 0 Å². The minimum Gasteiger partial charge on any atom is -0.458 e. The van der Waals surface area contributed by atoms with Gasteiger partial charge in [-0.2, -0.15) is 0 Å². The summed E-state index contributed by atoms with van der Waals surface area (Å²) in [5.74, 6) is -1.27. The lowest BCUT2D eigenvalue weighted by molar-refractivity contribution is -0.162. The first kappa shape index (κ1) is 25.2. The molecule has 0 radical (unpaired) electrons. The number of pyridine rings is 1. The van der Waals surface area contributed by atoms with Crippen LogP contribution in [0.15, 0.2) is 41.6 Å². The van der Waals surface area contributed by atoms with Crippen molar-refractivity contribution < 1.29 is 22.7 Å². The predicted octanol–water partition coefficient (Wildman–Crippen LogP) is 4.56. The van der Waals surface area contributed by atoms with E-state index in [2.05, 4.69) is 4.98 Å². The monoisotopic (exact) mass is 517 g/mol. The van der Waals surface area contributed by atoms with Crippen LogP contribution in [0.3, 0.4) is 0 Å². The minimum atomic E-state index is -4.04. The number of benzene rings is 1. The highest BCUT2D eigenvalue weighted by Gasteiger charge is 2.41. The fourth-order valence-corrected chi connectivity index (χ4v) is 5.79. The third-order valence-electron chi connectivity index (χ3n) is 5.85. The van der Waals surface area contributed by atoms with E-state index in [9.17, 15) is 18.0 Å². The van der Waals surface area contributed by atoms with E-state index in [4.69, 9.17) is 16.3 Å². The van der Waals surface area contributed by atoms with Crippen LogP contribution >= 0.6 is 11.6 Å². The molecular formula is C25H28ClN3O5S. The van der Waals surface area contributed by atoms with Gasteiger partial charge in [-0.1, -0.05) is 43.1 Å². The summed E-state index contributed by atoms with van der Waals surface area (Å²) < 4.78 is 33.6. The van der Waals surface area contributed by atoms with Gasteiger partial charge in [-0.15, -0.1) is 0 Å². The molecule has 1 unspecified atom stereocenters. The van der Waals surface area contributed by atoms with Crippen LogP contribution in [0.25, 0.3) is 11.0 Å². The average molecular weight is 518 g/mol. The zero-order chi connectivity index (χ0) is 25.9. The van der Waals surface area contributed by atoms with Crippen molar-refractivity contribution >= 4 is 44.5 Å². The Hall–Kier alpha value is -2.91. The topological polar surface area (TPSA) is 98.6 Å². The molecule has 1 aliphatic rings. The molecule has 2 aromatic heterocycles. The summed E-state index contributed by atoms with van der Waals surface area (Å²) in [4.78, 5) is 32.5. The third-order valence-corrected chi connectivity index (χ3v) is 7.84.